The second-order valence-corrected chi connectivity index (χ2v) is 9.06. The Hall–Kier alpha value is -3.12. The lowest BCUT2D eigenvalue weighted by Crippen LogP contribution is -2.35. The van der Waals surface area contributed by atoms with Crippen LogP contribution < -0.4 is 0 Å². The molecule has 0 saturated carbocycles. The van der Waals surface area contributed by atoms with Gasteiger partial charge in [0.25, 0.3) is 0 Å². The summed E-state index contributed by atoms with van der Waals surface area (Å²) in [5.41, 5.74) is -0.509. The molecule has 3 heterocycles. The summed E-state index contributed by atoms with van der Waals surface area (Å²) in [6, 6.07) is 11.0. The molecular weight excluding hydrogens is 475 g/mol. The van der Waals surface area contributed by atoms with Crippen molar-refractivity contribution in [3.05, 3.63) is 72.4 Å². The largest absolute Gasteiger partial charge is 0.478 e. The zero-order valence-corrected chi connectivity index (χ0v) is 19.3. The summed E-state index contributed by atoms with van der Waals surface area (Å²) in [5.74, 6) is -0.959. The number of sulfonamides is 1. The molecule has 0 aliphatic carbocycles. The molecule has 3 aromatic rings. The Labute approximate surface area is 195 Å². The Morgan fingerprint density at radius 3 is 2.18 bits per heavy atom. The highest BCUT2D eigenvalue weighted by Crippen LogP contribution is 2.28. The van der Waals surface area contributed by atoms with Gasteiger partial charge in [0.05, 0.1) is 16.7 Å². The van der Waals surface area contributed by atoms with Gasteiger partial charge < -0.3 is 9.52 Å². The maximum atomic E-state index is 12.1. The van der Waals surface area contributed by atoms with Gasteiger partial charge >= 0.3 is 12.1 Å². The van der Waals surface area contributed by atoms with Crippen LogP contribution in [0.2, 0.25) is 0 Å². The molecule has 0 radical (unpaired) electrons. The maximum Gasteiger partial charge on any atom is 0.433 e. The van der Waals surface area contributed by atoms with Crippen molar-refractivity contribution in [3.63, 3.8) is 0 Å². The molecule has 1 aliphatic rings. The molecule has 0 bridgehead atoms. The number of carboxylic acids is 1. The summed E-state index contributed by atoms with van der Waals surface area (Å²) in [7, 11) is -3.23. The summed E-state index contributed by atoms with van der Waals surface area (Å²) < 4.78 is 67.3. The number of alkyl halides is 3. The SMILES string of the molecule is CCn1nccc1C(F)(F)F.O=C(O)c1ccoc1.O=S(=O)(c1ccccc1)N1CCCCC1. The van der Waals surface area contributed by atoms with Gasteiger partial charge in [-0.2, -0.15) is 22.6 Å². The van der Waals surface area contributed by atoms with Gasteiger partial charge in [-0.25, -0.2) is 13.2 Å². The predicted octanol–water partition coefficient (Wildman–Crippen LogP) is 4.76. The van der Waals surface area contributed by atoms with Crippen LogP contribution in [0.5, 0.6) is 0 Å². The third-order valence-electron chi connectivity index (χ3n) is 4.77. The van der Waals surface area contributed by atoms with E-state index in [-0.39, 0.29) is 12.1 Å². The van der Waals surface area contributed by atoms with E-state index in [0.29, 0.717) is 18.0 Å². The van der Waals surface area contributed by atoms with Crippen molar-refractivity contribution in [2.75, 3.05) is 13.1 Å². The van der Waals surface area contributed by atoms with E-state index in [1.165, 1.54) is 18.6 Å². The Morgan fingerprint density at radius 1 is 1.09 bits per heavy atom. The van der Waals surface area contributed by atoms with Gasteiger partial charge in [0.1, 0.15) is 12.0 Å². The average Bonchev–Trinajstić information content (AvgIpc) is 3.53. The number of hydrogen-bond acceptors (Lipinski definition) is 5. The van der Waals surface area contributed by atoms with E-state index in [2.05, 4.69) is 9.52 Å². The number of aromatic carboxylic acids is 1. The van der Waals surface area contributed by atoms with Crippen LogP contribution in [0.15, 0.2) is 70.5 Å². The molecule has 34 heavy (non-hydrogen) atoms. The number of benzene rings is 1. The van der Waals surface area contributed by atoms with Crippen molar-refractivity contribution < 1.29 is 35.9 Å². The summed E-state index contributed by atoms with van der Waals surface area (Å²) in [6.45, 7) is 3.18. The van der Waals surface area contributed by atoms with E-state index in [4.69, 9.17) is 5.11 Å². The maximum absolute atomic E-state index is 12.1. The first-order chi connectivity index (χ1) is 16.1. The summed E-state index contributed by atoms with van der Waals surface area (Å²) in [5, 5.41) is 11.7. The van der Waals surface area contributed by atoms with E-state index in [0.717, 1.165) is 36.2 Å². The lowest BCUT2D eigenvalue weighted by atomic mass is 10.2. The van der Waals surface area contributed by atoms with Crippen LogP contribution in [-0.2, 0) is 22.7 Å². The molecule has 0 amide bonds. The summed E-state index contributed by atoms with van der Waals surface area (Å²) in [4.78, 5) is 10.4. The fourth-order valence-electron chi connectivity index (χ4n) is 3.06. The van der Waals surface area contributed by atoms with Crippen molar-refractivity contribution in [2.45, 2.75) is 43.8 Å². The number of aromatic nitrogens is 2. The van der Waals surface area contributed by atoms with Crippen molar-refractivity contribution in [2.24, 2.45) is 0 Å². The van der Waals surface area contributed by atoms with Gasteiger partial charge in [-0.1, -0.05) is 24.6 Å². The first kappa shape index (κ1) is 27.1. The van der Waals surface area contributed by atoms with Crippen LogP contribution in [0.3, 0.4) is 0 Å². The Balaban J connectivity index is 0.000000190. The van der Waals surface area contributed by atoms with Crippen LogP contribution >= 0.6 is 0 Å². The highest BCUT2D eigenvalue weighted by molar-refractivity contribution is 7.89. The van der Waals surface area contributed by atoms with Crippen LogP contribution in [0.1, 0.15) is 42.2 Å². The lowest BCUT2D eigenvalue weighted by molar-refractivity contribution is -0.144. The standard InChI is InChI=1S/C11H15NO2S.C6H7F3N2.C5H4O3/c13-15(14,11-7-3-1-4-8-11)12-9-5-2-6-10-12;1-2-11-5(3-4-10-11)6(7,8)9;6-5(7)4-1-2-8-3-4/h1,3-4,7-8H,2,5-6,9-10H2;3-4H,2H2,1H3;1-3H,(H,6,7). The molecule has 4 rings (SSSR count). The molecule has 0 unspecified atom stereocenters. The van der Waals surface area contributed by atoms with E-state index in [1.807, 2.05) is 6.07 Å². The molecule has 1 fully saturated rings. The van der Waals surface area contributed by atoms with Gasteiger partial charge in [0.15, 0.2) is 0 Å². The van der Waals surface area contributed by atoms with Gasteiger partial charge in [0.2, 0.25) is 10.0 Å². The molecule has 1 saturated heterocycles. The van der Waals surface area contributed by atoms with E-state index >= 15 is 0 Å². The number of nitrogens with zero attached hydrogens (tertiary/aromatic N) is 3. The lowest BCUT2D eigenvalue weighted by Gasteiger charge is -2.25. The van der Waals surface area contributed by atoms with Crippen molar-refractivity contribution in [3.8, 4) is 0 Å². The van der Waals surface area contributed by atoms with E-state index in [1.54, 1.807) is 35.5 Å². The van der Waals surface area contributed by atoms with Crippen LogP contribution in [0, 0.1) is 0 Å². The van der Waals surface area contributed by atoms with Crippen LogP contribution in [0.25, 0.3) is 0 Å². The van der Waals surface area contributed by atoms with Gasteiger partial charge in [-0.3, -0.25) is 4.68 Å². The van der Waals surface area contributed by atoms with E-state index < -0.39 is 27.9 Å². The van der Waals surface area contributed by atoms with Crippen molar-refractivity contribution in [1.29, 1.82) is 0 Å². The summed E-state index contributed by atoms with van der Waals surface area (Å²) in [6.07, 6.45) is 2.46. The Bertz CT molecular complexity index is 1110. The van der Waals surface area contributed by atoms with E-state index in [9.17, 15) is 26.4 Å². The number of furan rings is 1. The number of halogens is 3. The van der Waals surface area contributed by atoms with Gasteiger partial charge in [-0.15, -0.1) is 0 Å². The molecule has 0 spiro atoms. The molecule has 1 aromatic carbocycles. The molecule has 1 aliphatic heterocycles. The first-order valence-corrected chi connectivity index (χ1v) is 11.9. The van der Waals surface area contributed by atoms with Gasteiger partial charge in [0, 0.05) is 25.8 Å². The Kier molecular flexibility index (Phi) is 9.87. The minimum atomic E-state index is -4.29. The highest BCUT2D eigenvalue weighted by atomic mass is 32.2. The fourth-order valence-corrected chi connectivity index (χ4v) is 4.60. The van der Waals surface area contributed by atoms with Crippen LogP contribution in [0.4, 0.5) is 13.2 Å². The average molecular weight is 502 g/mol. The quantitative estimate of drug-likeness (QED) is 0.553. The second kappa shape index (κ2) is 12.4. The topological polar surface area (TPSA) is 106 Å². The number of carbonyl (C=O) groups is 1. The predicted molar refractivity (Wildman–Crippen MR) is 118 cm³/mol. The number of hydrogen-bond donors (Lipinski definition) is 1. The Morgan fingerprint density at radius 2 is 1.74 bits per heavy atom. The monoisotopic (exact) mass is 501 g/mol. The molecule has 8 nitrogen and oxygen atoms in total. The molecule has 186 valence electrons. The molecular formula is C22H26F3N3O5S. The first-order valence-electron chi connectivity index (χ1n) is 10.5. The fraction of sp³-hybridized carbons (Fsp3) is 0.364. The normalized spacial score (nSPS) is 14.4. The third-order valence-corrected chi connectivity index (χ3v) is 6.68. The van der Waals surface area contributed by atoms with Crippen molar-refractivity contribution >= 4 is 16.0 Å². The molecule has 1 N–H and O–H groups in total. The molecule has 2 aromatic heterocycles. The smallest absolute Gasteiger partial charge is 0.433 e. The summed E-state index contributed by atoms with van der Waals surface area (Å²) >= 11 is 0. The molecule has 12 heteroatoms. The third kappa shape index (κ3) is 7.73. The van der Waals surface area contributed by atoms with Crippen molar-refractivity contribution in [1.82, 2.24) is 14.1 Å². The van der Waals surface area contributed by atoms with Gasteiger partial charge in [-0.05, 0) is 44.0 Å². The number of piperidine rings is 1. The zero-order valence-electron chi connectivity index (χ0n) is 18.5. The zero-order chi connectivity index (χ0) is 25.2. The second-order valence-electron chi connectivity index (χ2n) is 7.12. The number of carboxylic acid groups (broad SMARTS) is 1. The molecule has 0 atom stereocenters. The number of rotatable bonds is 4. The highest BCUT2D eigenvalue weighted by Gasteiger charge is 2.34. The minimum Gasteiger partial charge on any atom is -0.478 e. The van der Waals surface area contributed by atoms with Crippen LogP contribution in [-0.4, -0.2) is 46.7 Å². The number of aryl methyl sites for hydroxylation is 1. The minimum absolute atomic E-state index is 0.185.